The van der Waals surface area contributed by atoms with E-state index in [-0.39, 0.29) is 5.92 Å². The van der Waals surface area contributed by atoms with Crippen LogP contribution in [0.25, 0.3) is 28.0 Å². The van der Waals surface area contributed by atoms with Gasteiger partial charge in [-0.15, -0.1) is 0 Å². The Bertz CT molecular complexity index is 1730. The lowest BCUT2D eigenvalue weighted by Gasteiger charge is -2.37. The second-order valence-corrected chi connectivity index (χ2v) is 10.4. The Kier molecular flexibility index (Phi) is 5.60. The van der Waals surface area contributed by atoms with Crippen LogP contribution >= 0.6 is 0 Å². The number of hydrogen-bond donors (Lipinski definition) is 0. The van der Waals surface area contributed by atoms with Crippen LogP contribution in [-0.4, -0.2) is 21.3 Å². The molecule has 40 heavy (non-hydrogen) atoms. The standard InChI is InChI=1S/C36H30O4/c1-22-32-21-27(39-4)17-18-29(32)34-31-19-20-36(23-9-13-25(37-2)14-10-23,24-11-15-26(38-3)16-12-24)40-35(31)30-8-6-5-7-28(30)33(22)34/h5-22H,1-4H3. The molecule has 1 heterocycles. The van der Waals surface area contributed by atoms with Gasteiger partial charge in [-0.3, -0.25) is 0 Å². The van der Waals surface area contributed by atoms with Crippen LogP contribution in [-0.2, 0) is 5.60 Å². The van der Waals surface area contributed by atoms with Crippen LogP contribution in [0.2, 0.25) is 0 Å². The molecule has 0 bridgehead atoms. The first kappa shape index (κ1) is 24.3. The van der Waals surface area contributed by atoms with Crippen LogP contribution in [0.15, 0.2) is 97.1 Å². The molecule has 4 heteroatoms. The minimum absolute atomic E-state index is 0.235. The highest BCUT2D eigenvalue weighted by atomic mass is 16.5. The lowest BCUT2D eigenvalue weighted by atomic mass is 9.81. The molecule has 0 amide bonds. The molecule has 0 aromatic heterocycles. The number of hydrogen-bond acceptors (Lipinski definition) is 4. The van der Waals surface area contributed by atoms with Crippen LogP contribution in [0.4, 0.5) is 0 Å². The maximum absolute atomic E-state index is 7.28. The summed E-state index contributed by atoms with van der Waals surface area (Å²) in [7, 11) is 5.09. The SMILES string of the molecule is COc1ccc(C2(c3ccc(OC)cc3)C=Cc3c4c(c5ccccc5c3O2)C(C)c2cc(OC)ccc2-4)cc1. The first-order valence-electron chi connectivity index (χ1n) is 13.5. The molecule has 1 aliphatic carbocycles. The molecule has 0 spiro atoms. The number of benzene rings is 5. The average Bonchev–Trinajstić information content (AvgIpc) is 3.32. The second kappa shape index (κ2) is 9.20. The van der Waals surface area contributed by atoms with E-state index in [9.17, 15) is 0 Å². The third kappa shape index (κ3) is 3.45. The zero-order chi connectivity index (χ0) is 27.4. The van der Waals surface area contributed by atoms with Gasteiger partial charge in [0.05, 0.1) is 21.3 Å². The Morgan fingerprint density at radius 1 is 0.675 bits per heavy atom. The van der Waals surface area contributed by atoms with E-state index >= 15 is 0 Å². The van der Waals surface area contributed by atoms with E-state index in [2.05, 4.69) is 85.8 Å². The van der Waals surface area contributed by atoms with Gasteiger partial charge in [0.25, 0.3) is 0 Å². The molecular formula is C36H30O4. The van der Waals surface area contributed by atoms with Crippen molar-refractivity contribution in [2.45, 2.75) is 18.4 Å². The molecule has 5 aromatic rings. The van der Waals surface area contributed by atoms with Crippen LogP contribution in [0, 0.1) is 0 Å². The summed E-state index contributed by atoms with van der Waals surface area (Å²) in [6.45, 7) is 2.29. The lowest BCUT2D eigenvalue weighted by Crippen LogP contribution is -2.34. The van der Waals surface area contributed by atoms with Crippen molar-refractivity contribution >= 4 is 16.8 Å². The van der Waals surface area contributed by atoms with Gasteiger partial charge in [-0.25, -0.2) is 0 Å². The van der Waals surface area contributed by atoms with Gasteiger partial charge < -0.3 is 18.9 Å². The van der Waals surface area contributed by atoms with Crippen molar-refractivity contribution in [3.63, 3.8) is 0 Å². The molecule has 1 atom stereocenters. The molecular weight excluding hydrogens is 496 g/mol. The van der Waals surface area contributed by atoms with Crippen molar-refractivity contribution in [2.75, 3.05) is 21.3 Å². The highest BCUT2D eigenvalue weighted by Gasteiger charge is 2.41. The molecule has 0 radical (unpaired) electrons. The molecule has 0 saturated carbocycles. The molecule has 7 rings (SSSR count). The van der Waals surface area contributed by atoms with Gasteiger partial charge in [0.2, 0.25) is 0 Å². The third-order valence-corrected chi connectivity index (χ3v) is 8.46. The Morgan fingerprint density at radius 2 is 1.25 bits per heavy atom. The van der Waals surface area contributed by atoms with Gasteiger partial charge in [0.15, 0.2) is 5.60 Å². The van der Waals surface area contributed by atoms with Crippen molar-refractivity contribution in [3.05, 3.63) is 125 Å². The van der Waals surface area contributed by atoms with Gasteiger partial charge >= 0.3 is 0 Å². The average molecular weight is 527 g/mol. The normalized spacial score (nSPS) is 16.1. The smallest absolute Gasteiger partial charge is 0.178 e. The van der Waals surface area contributed by atoms with Crippen molar-refractivity contribution in [3.8, 4) is 34.1 Å². The van der Waals surface area contributed by atoms with E-state index in [0.29, 0.717) is 0 Å². The van der Waals surface area contributed by atoms with Gasteiger partial charge in [0.1, 0.15) is 23.0 Å². The quantitative estimate of drug-likeness (QED) is 0.231. The fourth-order valence-corrected chi connectivity index (χ4v) is 6.42. The second-order valence-electron chi connectivity index (χ2n) is 10.4. The largest absolute Gasteiger partial charge is 0.497 e. The van der Waals surface area contributed by atoms with Crippen LogP contribution in [0.5, 0.6) is 23.0 Å². The van der Waals surface area contributed by atoms with E-state index in [1.165, 1.54) is 27.6 Å². The fraction of sp³-hybridized carbons (Fsp3) is 0.167. The number of ether oxygens (including phenoxy) is 4. The fourth-order valence-electron chi connectivity index (χ4n) is 6.42. The van der Waals surface area contributed by atoms with Crippen molar-refractivity contribution in [1.82, 2.24) is 0 Å². The van der Waals surface area contributed by atoms with Gasteiger partial charge in [-0.2, -0.15) is 0 Å². The molecule has 198 valence electrons. The topological polar surface area (TPSA) is 36.9 Å². The highest BCUT2D eigenvalue weighted by molar-refractivity contribution is 6.05. The summed E-state index contributed by atoms with van der Waals surface area (Å²) in [6.07, 6.45) is 4.45. The van der Waals surface area contributed by atoms with E-state index in [0.717, 1.165) is 45.1 Å². The Morgan fingerprint density at radius 3 is 1.85 bits per heavy atom. The summed E-state index contributed by atoms with van der Waals surface area (Å²) in [5.41, 5.74) is 7.41. The van der Waals surface area contributed by atoms with E-state index < -0.39 is 5.60 Å². The molecule has 5 aromatic carbocycles. The molecule has 0 saturated heterocycles. The molecule has 4 nitrogen and oxygen atoms in total. The Labute approximate surface area is 234 Å². The zero-order valence-corrected chi connectivity index (χ0v) is 23.0. The van der Waals surface area contributed by atoms with Crippen molar-refractivity contribution in [1.29, 1.82) is 0 Å². The van der Waals surface area contributed by atoms with Gasteiger partial charge in [0, 0.05) is 28.0 Å². The maximum atomic E-state index is 7.28. The Hall–Kier alpha value is -4.70. The predicted octanol–water partition coefficient (Wildman–Crippen LogP) is 8.35. The van der Waals surface area contributed by atoms with E-state index in [1.54, 1.807) is 21.3 Å². The summed E-state index contributed by atoms with van der Waals surface area (Å²) < 4.78 is 23.8. The predicted molar refractivity (Wildman–Crippen MR) is 160 cm³/mol. The number of rotatable bonds is 5. The third-order valence-electron chi connectivity index (χ3n) is 8.46. The van der Waals surface area contributed by atoms with Crippen LogP contribution in [0.3, 0.4) is 0 Å². The van der Waals surface area contributed by atoms with Crippen molar-refractivity contribution in [2.24, 2.45) is 0 Å². The monoisotopic (exact) mass is 526 g/mol. The molecule has 0 fully saturated rings. The molecule has 1 unspecified atom stereocenters. The summed E-state index contributed by atoms with van der Waals surface area (Å²) in [5.74, 6) is 3.61. The molecule has 2 aliphatic rings. The number of methoxy groups -OCH3 is 3. The summed E-state index contributed by atoms with van der Waals surface area (Å²) in [5, 5.41) is 2.33. The van der Waals surface area contributed by atoms with E-state index in [4.69, 9.17) is 18.9 Å². The lowest BCUT2D eigenvalue weighted by molar-refractivity contribution is 0.163. The number of fused-ring (bicyclic) bond motifs is 8. The summed E-state index contributed by atoms with van der Waals surface area (Å²) in [4.78, 5) is 0. The highest BCUT2D eigenvalue weighted by Crippen LogP contribution is 2.56. The van der Waals surface area contributed by atoms with E-state index in [1.807, 2.05) is 24.3 Å². The summed E-state index contributed by atoms with van der Waals surface area (Å²) in [6, 6.07) is 31.3. The zero-order valence-electron chi connectivity index (χ0n) is 23.0. The van der Waals surface area contributed by atoms with Gasteiger partial charge in [-0.05, 0) is 76.2 Å². The minimum Gasteiger partial charge on any atom is -0.497 e. The van der Waals surface area contributed by atoms with Crippen LogP contribution < -0.4 is 18.9 Å². The van der Waals surface area contributed by atoms with Crippen LogP contribution in [0.1, 0.15) is 40.7 Å². The Balaban J connectivity index is 1.50. The first-order chi connectivity index (χ1) is 19.6. The molecule has 1 aliphatic heterocycles. The maximum Gasteiger partial charge on any atom is 0.178 e. The van der Waals surface area contributed by atoms with Gasteiger partial charge in [-0.1, -0.05) is 61.5 Å². The minimum atomic E-state index is -0.838. The van der Waals surface area contributed by atoms with Crippen molar-refractivity contribution < 1.29 is 18.9 Å². The summed E-state index contributed by atoms with van der Waals surface area (Å²) >= 11 is 0. The molecule has 0 N–H and O–H groups in total. The first-order valence-corrected chi connectivity index (χ1v) is 13.5.